The van der Waals surface area contributed by atoms with E-state index in [1.165, 1.54) is 18.3 Å². The summed E-state index contributed by atoms with van der Waals surface area (Å²) >= 11 is 5.82. The molecule has 0 saturated carbocycles. The Morgan fingerprint density at radius 2 is 1.96 bits per heavy atom. The fraction of sp³-hybridized carbons (Fsp3) is 0.100. The van der Waals surface area contributed by atoms with Crippen LogP contribution < -0.4 is 5.43 Å². The summed E-state index contributed by atoms with van der Waals surface area (Å²) in [5.74, 6) is 0.380. The zero-order chi connectivity index (χ0) is 20.1. The first-order valence-electron chi connectivity index (χ1n) is 8.34. The van der Waals surface area contributed by atoms with E-state index in [1.807, 2.05) is 31.2 Å². The Morgan fingerprint density at radius 3 is 2.68 bits per heavy atom. The van der Waals surface area contributed by atoms with Crippen molar-refractivity contribution in [3.05, 3.63) is 86.6 Å². The Kier molecular flexibility index (Phi) is 5.86. The van der Waals surface area contributed by atoms with Crippen molar-refractivity contribution in [1.82, 2.24) is 5.43 Å². The molecule has 3 rings (SSSR count). The monoisotopic (exact) mass is 397 g/mol. The van der Waals surface area contributed by atoms with Gasteiger partial charge in [-0.1, -0.05) is 41.4 Å². The molecule has 0 unspecified atom stereocenters. The minimum atomic E-state index is -0.525. The van der Waals surface area contributed by atoms with Crippen molar-refractivity contribution in [3.8, 4) is 11.3 Å². The van der Waals surface area contributed by atoms with Crippen molar-refractivity contribution in [2.24, 2.45) is 5.10 Å². The van der Waals surface area contributed by atoms with Gasteiger partial charge in [0.1, 0.15) is 11.5 Å². The quantitative estimate of drug-likeness (QED) is 0.376. The van der Waals surface area contributed by atoms with Crippen LogP contribution in [0.15, 0.2) is 64.1 Å². The van der Waals surface area contributed by atoms with Crippen molar-refractivity contribution in [2.45, 2.75) is 13.3 Å². The Balaban J connectivity index is 1.65. The Morgan fingerprint density at radius 1 is 1.21 bits per heavy atom. The first-order chi connectivity index (χ1) is 13.4. The average molecular weight is 398 g/mol. The number of hydrogen-bond donors (Lipinski definition) is 1. The van der Waals surface area contributed by atoms with Gasteiger partial charge in [0.05, 0.1) is 23.1 Å². The number of nitrogens with zero attached hydrogens (tertiary/aromatic N) is 2. The number of hydrogen-bond acceptors (Lipinski definition) is 5. The zero-order valence-corrected chi connectivity index (χ0v) is 15.6. The fourth-order valence-corrected chi connectivity index (χ4v) is 2.70. The number of hydrazone groups is 1. The van der Waals surface area contributed by atoms with Gasteiger partial charge in [-0.05, 0) is 36.8 Å². The second-order valence-electron chi connectivity index (χ2n) is 6.08. The van der Waals surface area contributed by atoms with Crippen molar-refractivity contribution >= 4 is 29.4 Å². The molecule has 0 aliphatic heterocycles. The molecular formula is C20H16ClN3O4. The zero-order valence-electron chi connectivity index (χ0n) is 14.9. The third-order valence-electron chi connectivity index (χ3n) is 3.92. The smallest absolute Gasteiger partial charge is 0.281 e. The molecule has 0 aliphatic carbocycles. The number of rotatable bonds is 6. The highest BCUT2D eigenvalue weighted by Gasteiger charge is 2.18. The molecule has 1 amide bonds. The second kappa shape index (κ2) is 8.49. The number of nitro benzene ring substituents is 1. The standard InChI is InChI=1S/C20H16ClN3O4/c1-13-2-4-14(5-3-13)10-20(25)23-22-12-16-7-9-19(28-16)17-8-6-15(21)11-18(17)24(26)27/h2-9,11-12H,10H2,1H3,(H,23,25)/b22-12-. The predicted octanol–water partition coefficient (Wildman–Crippen LogP) is 4.51. The number of carbonyl (C=O) groups excluding carboxylic acids is 1. The SMILES string of the molecule is Cc1ccc(CC(=O)N/N=C\c2ccc(-c3ccc(Cl)cc3[N+](=O)[O-])o2)cc1. The molecule has 1 heterocycles. The van der Waals surface area contributed by atoms with E-state index in [4.69, 9.17) is 16.0 Å². The van der Waals surface area contributed by atoms with Crippen LogP contribution >= 0.6 is 11.6 Å². The maximum absolute atomic E-state index is 11.9. The summed E-state index contributed by atoms with van der Waals surface area (Å²) in [5.41, 5.74) is 4.58. The highest BCUT2D eigenvalue weighted by Crippen LogP contribution is 2.33. The Hall–Kier alpha value is -3.45. The summed E-state index contributed by atoms with van der Waals surface area (Å²) < 4.78 is 5.57. The number of nitro groups is 1. The lowest BCUT2D eigenvalue weighted by atomic mass is 10.1. The van der Waals surface area contributed by atoms with Crippen LogP contribution in [-0.2, 0) is 11.2 Å². The van der Waals surface area contributed by atoms with Crippen LogP contribution in [0.25, 0.3) is 11.3 Å². The highest BCUT2D eigenvalue weighted by atomic mass is 35.5. The van der Waals surface area contributed by atoms with Gasteiger partial charge in [0.15, 0.2) is 0 Å². The molecule has 3 aromatic rings. The van der Waals surface area contributed by atoms with Crippen LogP contribution in [0, 0.1) is 17.0 Å². The molecule has 0 atom stereocenters. The number of nitrogens with one attached hydrogen (secondary N) is 1. The topological polar surface area (TPSA) is 97.7 Å². The Labute approximate surface area is 165 Å². The summed E-state index contributed by atoms with van der Waals surface area (Å²) in [6.45, 7) is 1.98. The van der Waals surface area contributed by atoms with Crippen molar-refractivity contribution in [1.29, 1.82) is 0 Å². The third-order valence-corrected chi connectivity index (χ3v) is 4.15. The van der Waals surface area contributed by atoms with Crippen molar-refractivity contribution in [2.75, 3.05) is 0 Å². The van der Waals surface area contributed by atoms with Crippen LogP contribution in [0.4, 0.5) is 5.69 Å². The summed E-state index contributed by atoms with van der Waals surface area (Å²) in [5, 5.41) is 15.3. The molecule has 0 radical (unpaired) electrons. The molecule has 142 valence electrons. The number of amides is 1. The second-order valence-corrected chi connectivity index (χ2v) is 6.51. The van der Waals surface area contributed by atoms with Gasteiger partial charge in [-0.15, -0.1) is 0 Å². The molecule has 7 nitrogen and oxygen atoms in total. The Bertz CT molecular complexity index is 1040. The average Bonchev–Trinajstić information content (AvgIpc) is 3.12. The largest absolute Gasteiger partial charge is 0.455 e. The molecule has 0 aliphatic rings. The number of benzene rings is 2. The minimum absolute atomic E-state index is 0.156. The third kappa shape index (κ3) is 4.83. The van der Waals surface area contributed by atoms with Crippen LogP contribution in [0.1, 0.15) is 16.9 Å². The van der Waals surface area contributed by atoms with Crippen LogP contribution in [0.3, 0.4) is 0 Å². The van der Waals surface area contributed by atoms with Gasteiger partial charge in [-0.3, -0.25) is 14.9 Å². The molecule has 0 spiro atoms. The van der Waals surface area contributed by atoms with E-state index in [0.717, 1.165) is 11.1 Å². The maximum atomic E-state index is 11.9. The lowest BCUT2D eigenvalue weighted by molar-refractivity contribution is -0.384. The molecule has 2 aromatic carbocycles. The van der Waals surface area contributed by atoms with E-state index in [9.17, 15) is 14.9 Å². The summed E-state index contributed by atoms with van der Waals surface area (Å²) in [7, 11) is 0. The molecule has 1 aromatic heterocycles. The van der Waals surface area contributed by atoms with Gasteiger partial charge in [0.2, 0.25) is 5.91 Å². The summed E-state index contributed by atoms with van der Waals surface area (Å²) in [4.78, 5) is 22.6. The molecule has 8 heteroatoms. The van der Waals surface area contributed by atoms with Crippen molar-refractivity contribution in [3.63, 3.8) is 0 Å². The molecule has 0 fully saturated rings. The van der Waals surface area contributed by atoms with E-state index >= 15 is 0 Å². The predicted molar refractivity (Wildman–Crippen MR) is 106 cm³/mol. The highest BCUT2D eigenvalue weighted by molar-refractivity contribution is 6.30. The van der Waals surface area contributed by atoms with Gasteiger partial charge < -0.3 is 4.42 Å². The molecular weight excluding hydrogens is 382 g/mol. The molecule has 1 N–H and O–H groups in total. The van der Waals surface area contributed by atoms with Gasteiger partial charge in [0.25, 0.3) is 5.69 Å². The number of halogens is 1. The lowest BCUT2D eigenvalue weighted by Crippen LogP contribution is -2.19. The first kappa shape index (κ1) is 19.3. The molecule has 28 heavy (non-hydrogen) atoms. The van der Waals surface area contributed by atoms with Crippen LogP contribution in [-0.4, -0.2) is 17.0 Å². The van der Waals surface area contributed by atoms with E-state index in [2.05, 4.69) is 10.5 Å². The first-order valence-corrected chi connectivity index (χ1v) is 8.72. The molecule has 0 bridgehead atoms. The molecule has 0 saturated heterocycles. The van der Waals surface area contributed by atoms with Crippen molar-refractivity contribution < 1.29 is 14.1 Å². The van der Waals surface area contributed by atoms with Gasteiger partial charge in [-0.2, -0.15) is 5.10 Å². The number of furan rings is 1. The van der Waals surface area contributed by atoms with Gasteiger partial charge in [0, 0.05) is 11.1 Å². The van der Waals surface area contributed by atoms with E-state index in [-0.39, 0.29) is 23.0 Å². The van der Waals surface area contributed by atoms with Crippen LogP contribution in [0.2, 0.25) is 5.02 Å². The maximum Gasteiger partial charge on any atom is 0.281 e. The summed E-state index contributed by atoms with van der Waals surface area (Å²) in [6.07, 6.45) is 1.54. The van der Waals surface area contributed by atoms with Gasteiger partial charge in [-0.25, -0.2) is 5.43 Å². The number of carbonyl (C=O) groups is 1. The lowest BCUT2D eigenvalue weighted by Gasteiger charge is -2.01. The normalized spacial score (nSPS) is 10.9. The van der Waals surface area contributed by atoms with Gasteiger partial charge >= 0.3 is 0 Å². The fourth-order valence-electron chi connectivity index (χ4n) is 2.53. The van der Waals surface area contributed by atoms with Crippen LogP contribution in [0.5, 0.6) is 0 Å². The van der Waals surface area contributed by atoms with E-state index in [1.54, 1.807) is 18.2 Å². The van der Waals surface area contributed by atoms with E-state index < -0.39 is 4.92 Å². The summed E-state index contributed by atoms with van der Waals surface area (Å²) in [6, 6.07) is 15.2. The van der Waals surface area contributed by atoms with E-state index in [0.29, 0.717) is 17.1 Å². The minimum Gasteiger partial charge on any atom is -0.455 e. The number of aryl methyl sites for hydroxylation is 1.